The van der Waals surface area contributed by atoms with Gasteiger partial charge in [-0.15, -0.1) is 0 Å². The molecule has 0 saturated carbocycles. The molecule has 0 spiro atoms. The third-order valence-corrected chi connectivity index (χ3v) is 16.0. The minimum Gasteiger partial charge on any atom is -0.455 e. The summed E-state index contributed by atoms with van der Waals surface area (Å²) in [5.41, 5.74) is 22.0. The molecule has 0 saturated heterocycles. The molecule has 1 aliphatic rings. The van der Waals surface area contributed by atoms with Gasteiger partial charge in [-0.25, -0.2) is 0 Å². The van der Waals surface area contributed by atoms with Gasteiger partial charge in [0.25, 0.3) is 0 Å². The third kappa shape index (κ3) is 6.75. The van der Waals surface area contributed by atoms with Gasteiger partial charge in [0.1, 0.15) is 22.3 Å². The molecule has 2 aromatic heterocycles. The van der Waals surface area contributed by atoms with Crippen LogP contribution in [0.25, 0.3) is 110 Å². The average molecular weight is 958 g/mol. The van der Waals surface area contributed by atoms with Gasteiger partial charge in [-0.2, -0.15) is 0 Å². The first-order valence-electron chi connectivity index (χ1n) is 25.8. The van der Waals surface area contributed by atoms with Gasteiger partial charge >= 0.3 is 0 Å². The smallest absolute Gasteiger partial charge is 0.143 e. The van der Waals surface area contributed by atoms with Crippen LogP contribution in [0.15, 0.2) is 276 Å². The number of anilines is 3. The van der Waals surface area contributed by atoms with E-state index in [2.05, 4.69) is 267 Å². The summed E-state index contributed by atoms with van der Waals surface area (Å²) in [6.07, 6.45) is 0. The fourth-order valence-electron chi connectivity index (χ4n) is 12.3. The lowest BCUT2D eigenvalue weighted by molar-refractivity contribution is 0.670. The van der Waals surface area contributed by atoms with Gasteiger partial charge in [-0.3, -0.25) is 0 Å². The molecule has 15 rings (SSSR count). The maximum atomic E-state index is 7.03. The molecule has 1 aliphatic carbocycles. The van der Waals surface area contributed by atoms with Crippen LogP contribution in [0.5, 0.6) is 0 Å². The lowest BCUT2D eigenvalue weighted by Crippen LogP contribution is -2.22. The molecular formula is C72H47NO2. The molecule has 352 valence electrons. The van der Waals surface area contributed by atoms with E-state index in [4.69, 9.17) is 8.83 Å². The first-order valence-corrected chi connectivity index (χ1v) is 25.8. The largest absolute Gasteiger partial charge is 0.455 e. The number of hydrogen-bond donors (Lipinski definition) is 0. The van der Waals surface area contributed by atoms with E-state index < -0.39 is 0 Å². The number of furan rings is 2. The van der Waals surface area contributed by atoms with E-state index in [0.29, 0.717) is 0 Å². The number of benzene rings is 12. The molecule has 0 N–H and O–H groups in total. The molecule has 0 unspecified atom stereocenters. The highest BCUT2D eigenvalue weighted by atomic mass is 16.3. The lowest BCUT2D eigenvalue weighted by atomic mass is 9.74. The number of nitrogens with zero attached hydrogens (tertiary/aromatic N) is 1. The number of fused-ring (bicyclic) bond motifs is 10. The fraction of sp³-hybridized carbons (Fsp3) is 0.0278. The Morgan fingerprint density at radius 1 is 0.280 bits per heavy atom. The van der Waals surface area contributed by atoms with Crippen molar-refractivity contribution in [2.24, 2.45) is 0 Å². The molecule has 0 fully saturated rings. The lowest BCUT2D eigenvalue weighted by Gasteiger charge is -2.28. The second kappa shape index (κ2) is 16.9. The van der Waals surface area contributed by atoms with Gasteiger partial charge in [0.2, 0.25) is 0 Å². The fourth-order valence-corrected chi connectivity index (χ4v) is 12.3. The van der Waals surface area contributed by atoms with Crippen molar-refractivity contribution in [3.05, 3.63) is 284 Å². The zero-order valence-electron chi connectivity index (χ0n) is 41.2. The maximum absolute atomic E-state index is 7.03. The predicted octanol–water partition coefficient (Wildman–Crippen LogP) is 20.1. The highest BCUT2D eigenvalue weighted by molar-refractivity contribution is 6.13. The quantitative estimate of drug-likeness (QED) is 0.152. The van der Waals surface area contributed by atoms with E-state index in [1.807, 2.05) is 12.1 Å². The van der Waals surface area contributed by atoms with Crippen LogP contribution in [0.3, 0.4) is 0 Å². The second-order valence-electron chi connectivity index (χ2n) is 20.0. The molecule has 3 heteroatoms. The Balaban J connectivity index is 0.791. The summed E-state index contributed by atoms with van der Waals surface area (Å²) in [6, 6.07) is 96.5. The van der Waals surface area contributed by atoms with Crippen LogP contribution in [0.1, 0.15) is 23.6 Å². The molecule has 2 heterocycles. The monoisotopic (exact) mass is 957 g/mol. The van der Waals surface area contributed by atoms with E-state index >= 15 is 0 Å². The Kier molecular flexibility index (Phi) is 9.70. The van der Waals surface area contributed by atoms with Crippen molar-refractivity contribution in [1.29, 1.82) is 0 Å². The molecule has 0 atom stereocenters. The normalized spacial score (nSPS) is 12.7. The van der Waals surface area contributed by atoms with Gasteiger partial charge in [-0.05, 0) is 116 Å². The first kappa shape index (κ1) is 42.9. The summed E-state index contributed by atoms with van der Waals surface area (Å²) in [5, 5.41) is 6.93. The molecule has 0 bridgehead atoms. The molecular weight excluding hydrogens is 911 g/mol. The molecule has 0 radical (unpaired) electrons. The summed E-state index contributed by atoms with van der Waals surface area (Å²) in [7, 11) is 0. The molecule has 3 nitrogen and oxygen atoms in total. The number of hydrogen-bond acceptors (Lipinski definition) is 3. The topological polar surface area (TPSA) is 29.5 Å². The average Bonchev–Trinajstić information content (AvgIpc) is 4.21. The number of para-hydroxylation sites is 4. The summed E-state index contributed by atoms with van der Waals surface area (Å²) in [4.78, 5) is 2.34. The van der Waals surface area contributed by atoms with E-state index in [-0.39, 0.29) is 5.41 Å². The summed E-state index contributed by atoms with van der Waals surface area (Å²) in [5.74, 6) is 0. The van der Waals surface area contributed by atoms with E-state index in [0.717, 1.165) is 94.3 Å². The minimum absolute atomic E-state index is 0.252. The Morgan fingerprint density at radius 2 is 0.640 bits per heavy atom. The van der Waals surface area contributed by atoms with Crippen LogP contribution in [0, 0.1) is 0 Å². The highest BCUT2D eigenvalue weighted by Gasteiger charge is 2.40. The van der Waals surface area contributed by atoms with Crippen molar-refractivity contribution < 1.29 is 8.83 Å². The van der Waals surface area contributed by atoms with Crippen LogP contribution in [0.4, 0.5) is 17.1 Å². The Bertz CT molecular complexity index is 4470. The van der Waals surface area contributed by atoms with Crippen LogP contribution < -0.4 is 4.90 Å². The van der Waals surface area contributed by atoms with Crippen LogP contribution in [-0.2, 0) is 5.41 Å². The Labute approximate surface area is 434 Å². The van der Waals surface area contributed by atoms with Crippen molar-refractivity contribution in [1.82, 2.24) is 0 Å². The maximum Gasteiger partial charge on any atom is 0.143 e. The zero-order chi connectivity index (χ0) is 49.6. The van der Waals surface area contributed by atoms with Crippen molar-refractivity contribution in [3.63, 3.8) is 0 Å². The van der Waals surface area contributed by atoms with Crippen molar-refractivity contribution >= 4 is 71.7 Å². The molecule has 12 aromatic carbocycles. The predicted molar refractivity (Wildman–Crippen MR) is 312 cm³/mol. The summed E-state index contributed by atoms with van der Waals surface area (Å²) >= 11 is 0. The Hall–Kier alpha value is -9.70. The summed E-state index contributed by atoms with van der Waals surface area (Å²) in [6.45, 7) is 2.37. The number of rotatable bonds is 8. The second-order valence-corrected chi connectivity index (χ2v) is 20.0. The van der Waals surface area contributed by atoms with E-state index in [1.54, 1.807) is 0 Å². The molecule has 0 aliphatic heterocycles. The van der Waals surface area contributed by atoms with Gasteiger partial charge in [0.05, 0.1) is 0 Å². The third-order valence-electron chi connectivity index (χ3n) is 16.0. The SMILES string of the molecule is CC1(c2ccc(-c3cccc4c3oc3c(-c5ccc(N(c6ccc(-c7cccc8ccccc78)cc6)c6ccc(-c7cccc8c7oc7ccccc78)cc6)cc5)cccc34)cc2)c2ccccc2-c2ccccc21. The standard InChI is InChI=1S/C72H47NO2/c1-72(66-27-7-4-17-60(66)61-18-5-8-28-67(61)72)51-38-30-48(31-39-51)58-22-12-25-64-65-26-13-23-59(71(65)75-70(58)64)50-36-44-54(45-37-50)73(52-40-32-47(33-41-52)56-20-10-15-46-14-2-3-16-55(46)56)53-42-34-49(35-43-53)57-21-11-24-63-62-19-6-9-29-68(62)74-69(57)63/h2-45H,1H3. The summed E-state index contributed by atoms with van der Waals surface area (Å²) < 4.78 is 13.5. The van der Waals surface area contributed by atoms with Gasteiger partial charge in [-0.1, -0.05) is 224 Å². The van der Waals surface area contributed by atoms with Crippen molar-refractivity contribution in [2.45, 2.75) is 12.3 Å². The highest BCUT2D eigenvalue weighted by Crippen LogP contribution is 2.53. The van der Waals surface area contributed by atoms with Gasteiger partial charge < -0.3 is 13.7 Å². The zero-order valence-corrected chi connectivity index (χ0v) is 41.2. The van der Waals surface area contributed by atoms with Gasteiger partial charge in [0.15, 0.2) is 0 Å². The molecule has 75 heavy (non-hydrogen) atoms. The minimum atomic E-state index is -0.252. The van der Waals surface area contributed by atoms with Crippen molar-refractivity contribution in [3.8, 4) is 55.6 Å². The van der Waals surface area contributed by atoms with Gasteiger partial charge in [0, 0.05) is 60.7 Å². The van der Waals surface area contributed by atoms with Crippen LogP contribution >= 0.6 is 0 Å². The molecule has 14 aromatic rings. The molecule has 0 amide bonds. The first-order chi connectivity index (χ1) is 37.1. The Morgan fingerprint density at radius 3 is 1.19 bits per heavy atom. The van der Waals surface area contributed by atoms with Crippen LogP contribution in [-0.4, -0.2) is 0 Å². The van der Waals surface area contributed by atoms with E-state index in [9.17, 15) is 0 Å². The van der Waals surface area contributed by atoms with Crippen LogP contribution in [0.2, 0.25) is 0 Å². The van der Waals surface area contributed by atoms with E-state index in [1.165, 1.54) is 49.7 Å². The van der Waals surface area contributed by atoms with Crippen molar-refractivity contribution in [2.75, 3.05) is 4.90 Å².